The Labute approximate surface area is 162 Å². The number of halogens is 3. The Morgan fingerprint density at radius 2 is 1.73 bits per heavy atom. The maximum atomic E-state index is 12.9. The molecular weight excluding hydrogens is 431 g/mol. The van der Waals surface area contributed by atoms with Crippen molar-refractivity contribution in [1.82, 2.24) is 0 Å². The van der Waals surface area contributed by atoms with Crippen molar-refractivity contribution in [3.63, 3.8) is 0 Å². The highest BCUT2D eigenvalue weighted by molar-refractivity contribution is 7.92. The number of hydrogen-bond donors (Lipinski definition) is 1. The molecule has 8 nitrogen and oxygen atoms in total. The van der Waals surface area contributed by atoms with Crippen molar-refractivity contribution in [3.8, 4) is 0 Å². The zero-order valence-corrected chi connectivity index (χ0v) is 15.7. The molecule has 0 aliphatic rings. The van der Waals surface area contributed by atoms with Crippen LogP contribution >= 0.6 is 34.8 Å². The normalized spacial score (nSPS) is 11.2. The fraction of sp³-hybridized carbons (Fsp3) is 0.0714. The van der Waals surface area contributed by atoms with Gasteiger partial charge in [0.25, 0.3) is 15.7 Å². The average molecular weight is 440 g/mol. The molecule has 0 fully saturated rings. The summed E-state index contributed by atoms with van der Waals surface area (Å²) in [6.07, 6.45) is 0. The van der Waals surface area contributed by atoms with Gasteiger partial charge in [-0.25, -0.2) is 8.42 Å². The van der Waals surface area contributed by atoms with E-state index in [0.717, 1.165) is 24.3 Å². The van der Waals surface area contributed by atoms with Crippen LogP contribution in [0.25, 0.3) is 0 Å². The summed E-state index contributed by atoms with van der Waals surface area (Å²) in [5.74, 6) is -1.47. The number of nitro benzene ring substituents is 1. The van der Waals surface area contributed by atoms with Crippen LogP contribution in [-0.4, -0.2) is 31.0 Å². The molecule has 0 heterocycles. The van der Waals surface area contributed by atoms with Crippen LogP contribution in [0.4, 0.5) is 11.4 Å². The maximum absolute atomic E-state index is 12.9. The molecule has 2 aromatic rings. The number of anilines is 1. The second-order valence-corrected chi connectivity index (χ2v) is 7.96. The number of carboxylic acids is 1. The summed E-state index contributed by atoms with van der Waals surface area (Å²) in [6.45, 7) is -0.983. The van der Waals surface area contributed by atoms with Crippen molar-refractivity contribution in [2.75, 3.05) is 10.8 Å². The van der Waals surface area contributed by atoms with Crippen molar-refractivity contribution in [1.29, 1.82) is 0 Å². The largest absolute Gasteiger partial charge is 0.480 e. The molecule has 0 amide bonds. The summed E-state index contributed by atoms with van der Waals surface area (Å²) in [6, 6.07) is 6.45. The Morgan fingerprint density at radius 3 is 2.31 bits per heavy atom. The van der Waals surface area contributed by atoms with Crippen LogP contribution in [0.5, 0.6) is 0 Å². The van der Waals surface area contributed by atoms with Crippen LogP contribution in [-0.2, 0) is 14.8 Å². The summed E-state index contributed by atoms with van der Waals surface area (Å²) in [7, 11) is -4.50. The van der Waals surface area contributed by atoms with Gasteiger partial charge in [0.15, 0.2) is 0 Å². The maximum Gasteiger partial charge on any atom is 0.324 e. The number of nitro groups is 1. The Bertz CT molecular complexity index is 996. The number of aliphatic carboxylic acids is 1. The molecule has 0 bridgehead atoms. The van der Waals surface area contributed by atoms with E-state index in [1.54, 1.807) is 0 Å². The van der Waals surface area contributed by atoms with Gasteiger partial charge in [0.05, 0.1) is 30.6 Å². The van der Waals surface area contributed by atoms with Gasteiger partial charge in [-0.1, -0.05) is 40.9 Å². The standard InChI is InChI=1S/C14H9Cl3N2O6S/c15-10-5-12(17)13(6-11(10)16)18(7-14(20)21)26(24,25)9-3-1-2-8(4-9)19(22)23/h1-6H,7H2,(H,20,21). The van der Waals surface area contributed by atoms with E-state index in [9.17, 15) is 23.3 Å². The van der Waals surface area contributed by atoms with Crippen molar-refractivity contribution >= 4 is 62.2 Å². The minimum absolute atomic E-state index is 0.0449. The highest BCUT2D eigenvalue weighted by atomic mass is 35.5. The van der Waals surface area contributed by atoms with Gasteiger partial charge in [0.1, 0.15) is 6.54 Å². The number of carboxylic acid groups (broad SMARTS) is 1. The molecule has 0 radical (unpaired) electrons. The van der Waals surface area contributed by atoms with E-state index in [0.29, 0.717) is 4.31 Å². The topological polar surface area (TPSA) is 118 Å². The van der Waals surface area contributed by atoms with E-state index >= 15 is 0 Å². The Kier molecular flexibility index (Phi) is 5.97. The van der Waals surface area contributed by atoms with Gasteiger partial charge in [0.2, 0.25) is 0 Å². The van der Waals surface area contributed by atoms with Crippen LogP contribution in [0, 0.1) is 10.1 Å². The first-order valence-electron chi connectivity index (χ1n) is 6.67. The minimum Gasteiger partial charge on any atom is -0.480 e. The highest BCUT2D eigenvalue weighted by Crippen LogP contribution is 2.37. The molecule has 1 N–H and O–H groups in total. The van der Waals surface area contributed by atoms with Crippen LogP contribution in [0.2, 0.25) is 15.1 Å². The van der Waals surface area contributed by atoms with Crippen LogP contribution in [0.1, 0.15) is 0 Å². The summed E-state index contributed by atoms with van der Waals surface area (Å²) in [5, 5.41) is 19.8. The molecule has 2 aromatic carbocycles. The fourth-order valence-corrected chi connectivity index (χ4v) is 4.17. The van der Waals surface area contributed by atoms with E-state index in [1.807, 2.05) is 0 Å². The molecule has 0 aliphatic carbocycles. The lowest BCUT2D eigenvalue weighted by Crippen LogP contribution is -2.36. The number of non-ortho nitro benzene ring substituents is 1. The first-order valence-corrected chi connectivity index (χ1v) is 9.25. The van der Waals surface area contributed by atoms with Crippen LogP contribution < -0.4 is 4.31 Å². The smallest absolute Gasteiger partial charge is 0.324 e. The monoisotopic (exact) mass is 438 g/mol. The van der Waals surface area contributed by atoms with Crippen LogP contribution in [0.3, 0.4) is 0 Å². The van der Waals surface area contributed by atoms with Crippen molar-refractivity contribution < 1.29 is 23.2 Å². The van der Waals surface area contributed by atoms with Crippen molar-refractivity contribution in [2.24, 2.45) is 0 Å². The quantitative estimate of drug-likeness (QED) is 0.415. The number of rotatable bonds is 6. The zero-order valence-electron chi connectivity index (χ0n) is 12.6. The molecule has 26 heavy (non-hydrogen) atoms. The van der Waals surface area contributed by atoms with Gasteiger partial charge in [-0.15, -0.1) is 0 Å². The number of hydrogen-bond acceptors (Lipinski definition) is 5. The molecular formula is C14H9Cl3N2O6S. The molecule has 0 unspecified atom stereocenters. The third-order valence-electron chi connectivity index (χ3n) is 3.15. The number of nitrogens with zero attached hydrogens (tertiary/aromatic N) is 2. The van der Waals surface area contributed by atoms with Gasteiger partial charge in [0, 0.05) is 12.1 Å². The van der Waals surface area contributed by atoms with Gasteiger partial charge >= 0.3 is 5.97 Å². The van der Waals surface area contributed by atoms with Crippen LogP contribution in [0.15, 0.2) is 41.3 Å². The summed E-state index contributed by atoms with van der Waals surface area (Å²) < 4.78 is 26.3. The zero-order chi connectivity index (χ0) is 19.6. The van der Waals surface area contributed by atoms with Crippen molar-refractivity contribution in [2.45, 2.75) is 4.90 Å². The van der Waals surface area contributed by atoms with E-state index in [4.69, 9.17) is 39.9 Å². The molecule has 0 aromatic heterocycles. The number of carbonyl (C=O) groups is 1. The fourth-order valence-electron chi connectivity index (χ4n) is 2.01. The second-order valence-electron chi connectivity index (χ2n) is 4.88. The van der Waals surface area contributed by atoms with Gasteiger partial charge in [-0.2, -0.15) is 0 Å². The van der Waals surface area contributed by atoms with Gasteiger partial charge in [-0.3, -0.25) is 19.2 Å². The summed E-state index contributed by atoms with van der Waals surface area (Å²) in [4.78, 5) is 20.8. The SMILES string of the molecule is O=C(O)CN(c1cc(Cl)c(Cl)cc1Cl)S(=O)(=O)c1cccc([N+](=O)[O-])c1. The second kappa shape index (κ2) is 7.67. The number of sulfonamides is 1. The predicted octanol–water partition coefficient (Wildman–Crippen LogP) is 3.83. The third-order valence-corrected chi connectivity index (χ3v) is 5.93. The molecule has 0 saturated heterocycles. The van der Waals surface area contributed by atoms with Gasteiger partial charge < -0.3 is 5.11 Å². The average Bonchev–Trinajstić information content (AvgIpc) is 2.56. The Hall–Kier alpha value is -2.07. The molecule has 0 saturated carbocycles. The summed E-state index contributed by atoms with van der Waals surface area (Å²) in [5.41, 5.74) is -0.698. The Morgan fingerprint density at radius 1 is 1.12 bits per heavy atom. The molecule has 12 heteroatoms. The summed E-state index contributed by atoms with van der Waals surface area (Å²) >= 11 is 17.7. The first-order chi connectivity index (χ1) is 12.0. The molecule has 0 aliphatic heterocycles. The van der Waals surface area contributed by atoms with E-state index in [-0.39, 0.29) is 20.8 Å². The first kappa shape index (κ1) is 20.2. The van der Waals surface area contributed by atoms with E-state index < -0.39 is 38.0 Å². The van der Waals surface area contributed by atoms with E-state index in [2.05, 4.69) is 0 Å². The van der Waals surface area contributed by atoms with E-state index in [1.165, 1.54) is 12.1 Å². The highest BCUT2D eigenvalue weighted by Gasteiger charge is 2.30. The Balaban J connectivity index is 2.67. The molecule has 0 atom stereocenters. The van der Waals surface area contributed by atoms with Gasteiger partial charge in [-0.05, 0) is 18.2 Å². The molecule has 138 valence electrons. The minimum atomic E-state index is -4.50. The van der Waals surface area contributed by atoms with Crippen molar-refractivity contribution in [3.05, 3.63) is 61.6 Å². The molecule has 0 spiro atoms. The predicted molar refractivity (Wildman–Crippen MR) is 96.7 cm³/mol. The lowest BCUT2D eigenvalue weighted by Gasteiger charge is -2.24. The lowest BCUT2D eigenvalue weighted by molar-refractivity contribution is -0.385. The molecule has 2 rings (SSSR count). The number of benzene rings is 2. The third kappa shape index (κ3) is 4.18. The lowest BCUT2D eigenvalue weighted by atomic mass is 10.3.